The van der Waals surface area contributed by atoms with Crippen molar-refractivity contribution in [1.82, 2.24) is 15.6 Å². The van der Waals surface area contributed by atoms with Crippen LogP contribution in [0.3, 0.4) is 0 Å². The summed E-state index contributed by atoms with van der Waals surface area (Å²) in [6.45, 7) is 3.76. The highest BCUT2D eigenvalue weighted by molar-refractivity contribution is 7.13. The van der Waals surface area contributed by atoms with Crippen molar-refractivity contribution in [1.29, 1.82) is 0 Å². The molecule has 0 radical (unpaired) electrons. The highest BCUT2D eigenvalue weighted by Gasteiger charge is 2.24. The van der Waals surface area contributed by atoms with Crippen LogP contribution in [0.5, 0.6) is 0 Å². The van der Waals surface area contributed by atoms with E-state index in [4.69, 9.17) is 0 Å². The Hall–Kier alpha value is -0.360. The van der Waals surface area contributed by atoms with Gasteiger partial charge >= 0.3 is 0 Å². The summed E-state index contributed by atoms with van der Waals surface area (Å²) in [4.78, 5) is 17.7. The van der Waals surface area contributed by atoms with Gasteiger partial charge in [0.2, 0.25) is 0 Å². The number of nitrogens with zero attached hydrogens (tertiary/aromatic N) is 1. The Bertz CT molecular complexity index is 483. The number of hydrogen-bond acceptors (Lipinski definition) is 4. The van der Waals surface area contributed by atoms with Crippen molar-refractivity contribution in [3.63, 3.8) is 0 Å². The molecule has 0 spiro atoms. The van der Waals surface area contributed by atoms with Gasteiger partial charge in [0.05, 0.1) is 10.7 Å². The molecule has 126 valence electrons. The second-order valence-electron chi connectivity index (χ2n) is 5.95. The average molecular weight is 366 g/mol. The first-order chi connectivity index (χ1) is 9.74. The molecule has 0 bridgehead atoms. The minimum atomic E-state index is 0. The van der Waals surface area contributed by atoms with Gasteiger partial charge in [0.15, 0.2) is 0 Å². The molecule has 1 atom stereocenters. The van der Waals surface area contributed by atoms with Crippen molar-refractivity contribution in [2.45, 2.75) is 57.4 Å². The topological polar surface area (TPSA) is 54.0 Å². The molecule has 2 fully saturated rings. The van der Waals surface area contributed by atoms with Crippen LogP contribution in [0.25, 0.3) is 0 Å². The van der Waals surface area contributed by atoms with Gasteiger partial charge in [-0.05, 0) is 39.2 Å². The van der Waals surface area contributed by atoms with Crippen molar-refractivity contribution in [2.75, 3.05) is 13.1 Å². The van der Waals surface area contributed by atoms with Crippen LogP contribution in [0, 0.1) is 6.92 Å². The van der Waals surface area contributed by atoms with Crippen LogP contribution in [-0.4, -0.2) is 30.0 Å². The Morgan fingerprint density at radius 3 is 2.64 bits per heavy atom. The van der Waals surface area contributed by atoms with Crippen LogP contribution in [0.1, 0.15) is 64.8 Å². The Balaban J connectivity index is 0.00000121. The molecule has 1 saturated heterocycles. The number of rotatable bonds is 4. The summed E-state index contributed by atoms with van der Waals surface area (Å²) in [6.07, 6.45) is 7.46. The quantitative estimate of drug-likeness (QED) is 0.858. The van der Waals surface area contributed by atoms with Gasteiger partial charge in [-0.15, -0.1) is 36.2 Å². The minimum absolute atomic E-state index is 0. The van der Waals surface area contributed by atoms with Crippen LogP contribution in [0.4, 0.5) is 0 Å². The van der Waals surface area contributed by atoms with E-state index in [0.717, 1.165) is 30.1 Å². The predicted molar refractivity (Wildman–Crippen MR) is 95.9 cm³/mol. The fourth-order valence-electron chi connectivity index (χ4n) is 3.20. The summed E-state index contributed by atoms with van der Waals surface area (Å²) in [6, 6.07) is 0.446. The maximum atomic E-state index is 12.3. The zero-order valence-electron chi connectivity index (χ0n) is 12.9. The SMILES string of the molecule is Cc1nc(C2CCCC2)sc1C(=O)NCC1CCCN1.Cl.Cl. The average Bonchev–Trinajstić information content (AvgIpc) is 3.17. The first-order valence-corrected chi connectivity index (χ1v) is 8.54. The molecule has 1 aliphatic carbocycles. The molecule has 7 heteroatoms. The summed E-state index contributed by atoms with van der Waals surface area (Å²) >= 11 is 1.60. The van der Waals surface area contributed by atoms with Crippen LogP contribution in [-0.2, 0) is 0 Å². The van der Waals surface area contributed by atoms with E-state index in [9.17, 15) is 4.79 Å². The third-order valence-electron chi connectivity index (χ3n) is 4.40. The maximum Gasteiger partial charge on any atom is 0.263 e. The van der Waals surface area contributed by atoms with Crippen molar-refractivity contribution in [2.24, 2.45) is 0 Å². The molecule has 2 aliphatic rings. The van der Waals surface area contributed by atoms with E-state index >= 15 is 0 Å². The van der Waals surface area contributed by atoms with E-state index in [1.165, 1.54) is 37.1 Å². The molecule has 1 aromatic rings. The summed E-state index contributed by atoms with van der Waals surface area (Å²) in [5, 5.41) is 7.63. The zero-order valence-corrected chi connectivity index (χ0v) is 15.3. The molecular formula is C15H25Cl2N3OS. The third-order valence-corrected chi connectivity index (χ3v) is 5.71. The number of nitrogens with one attached hydrogen (secondary N) is 2. The summed E-state index contributed by atoms with van der Waals surface area (Å²) in [5.74, 6) is 0.648. The van der Waals surface area contributed by atoms with Crippen LogP contribution >= 0.6 is 36.2 Å². The summed E-state index contributed by atoms with van der Waals surface area (Å²) in [7, 11) is 0. The minimum Gasteiger partial charge on any atom is -0.350 e. The standard InChI is InChI=1S/C15H23N3OS.2ClH/c1-10-13(14(19)17-9-12-7-4-8-16-12)20-15(18-10)11-5-2-3-6-11;;/h11-12,16H,2-9H2,1H3,(H,17,19);2*1H. The maximum absolute atomic E-state index is 12.3. The Morgan fingerprint density at radius 1 is 1.27 bits per heavy atom. The lowest BCUT2D eigenvalue weighted by atomic mass is 10.1. The molecular weight excluding hydrogens is 341 g/mol. The lowest BCUT2D eigenvalue weighted by molar-refractivity contribution is 0.0953. The van der Waals surface area contributed by atoms with Crippen LogP contribution in [0.2, 0.25) is 0 Å². The fraction of sp³-hybridized carbons (Fsp3) is 0.733. The highest BCUT2D eigenvalue weighted by atomic mass is 35.5. The third kappa shape index (κ3) is 4.57. The molecule has 1 amide bonds. The second-order valence-corrected chi connectivity index (χ2v) is 6.98. The summed E-state index contributed by atoms with van der Waals surface area (Å²) in [5.41, 5.74) is 0.897. The molecule has 1 unspecified atom stereocenters. The van der Waals surface area contributed by atoms with Gasteiger partial charge in [-0.3, -0.25) is 4.79 Å². The van der Waals surface area contributed by atoms with Crippen molar-refractivity contribution < 1.29 is 4.79 Å². The van der Waals surface area contributed by atoms with Crippen LogP contribution < -0.4 is 10.6 Å². The molecule has 2 heterocycles. The van der Waals surface area contributed by atoms with Gasteiger partial charge in [0, 0.05) is 18.5 Å². The number of aromatic nitrogens is 1. The molecule has 0 aromatic carbocycles. The van der Waals surface area contributed by atoms with E-state index in [2.05, 4.69) is 15.6 Å². The molecule has 22 heavy (non-hydrogen) atoms. The largest absolute Gasteiger partial charge is 0.350 e. The van der Waals surface area contributed by atoms with E-state index in [1.54, 1.807) is 11.3 Å². The van der Waals surface area contributed by atoms with Gasteiger partial charge in [-0.25, -0.2) is 4.98 Å². The number of carbonyl (C=O) groups excluding carboxylic acids is 1. The van der Waals surface area contributed by atoms with Crippen molar-refractivity contribution in [3.8, 4) is 0 Å². The van der Waals surface area contributed by atoms with Gasteiger partial charge in [-0.1, -0.05) is 12.8 Å². The molecule has 1 saturated carbocycles. The number of hydrogen-bond donors (Lipinski definition) is 2. The highest BCUT2D eigenvalue weighted by Crippen LogP contribution is 2.37. The van der Waals surface area contributed by atoms with E-state index in [1.807, 2.05) is 6.92 Å². The lowest BCUT2D eigenvalue weighted by Gasteiger charge is -2.10. The number of aryl methyl sites for hydroxylation is 1. The normalized spacial score (nSPS) is 21.2. The fourth-order valence-corrected chi connectivity index (χ4v) is 4.35. The first kappa shape index (κ1) is 19.7. The Labute approximate surface area is 148 Å². The van der Waals surface area contributed by atoms with E-state index in [0.29, 0.717) is 12.0 Å². The van der Waals surface area contributed by atoms with Gasteiger partial charge in [-0.2, -0.15) is 0 Å². The molecule has 1 aliphatic heterocycles. The van der Waals surface area contributed by atoms with Gasteiger partial charge in [0.25, 0.3) is 5.91 Å². The molecule has 1 aromatic heterocycles. The zero-order chi connectivity index (χ0) is 13.9. The number of amides is 1. The summed E-state index contributed by atoms with van der Waals surface area (Å²) < 4.78 is 0. The van der Waals surface area contributed by atoms with Gasteiger partial charge < -0.3 is 10.6 Å². The van der Waals surface area contributed by atoms with Crippen LogP contribution in [0.15, 0.2) is 0 Å². The number of carbonyl (C=O) groups is 1. The Morgan fingerprint density at radius 2 is 2.00 bits per heavy atom. The van der Waals surface area contributed by atoms with Gasteiger partial charge in [0.1, 0.15) is 4.88 Å². The second kappa shape index (κ2) is 9.06. The monoisotopic (exact) mass is 365 g/mol. The smallest absolute Gasteiger partial charge is 0.263 e. The number of halogens is 2. The number of thiazole rings is 1. The Kier molecular flexibility index (Phi) is 8.11. The lowest BCUT2D eigenvalue weighted by Crippen LogP contribution is -2.37. The molecule has 3 rings (SSSR count). The van der Waals surface area contributed by atoms with Crippen molar-refractivity contribution >= 4 is 42.1 Å². The first-order valence-electron chi connectivity index (χ1n) is 7.73. The van der Waals surface area contributed by atoms with Crippen molar-refractivity contribution in [3.05, 3.63) is 15.6 Å². The van der Waals surface area contributed by atoms with E-state index < -0.39 is 0 Å². The molecule has 4 nitrogen and oxygen atoms in total. The predicted octanol–water partition coefficient (Wildman–Crippen LogP) is 3.43. The van der Waals surface area contributed by atoms with E-state index in [-0.39, 0.29) is 30.7 Å². The molecule has 2 N–H and O–H groups in total.